The van der Waals surface area contributed by atoms with Crippen molar-refractivity contribution in [1.29, 1.82) is 0 Å². The van der Waals surface area contributed by atoms with Crippen LogP contribution < -0.4 is 0 Å². The van der Waals surface area contributed by atoms with Gasteiger partial charge in [0.15, 0.2) is 0 Å². The summed E-state index contributed by atoms with van der Waals surface area (Å²) in [5.41, 5.74) is 0.908. The summed E-state index contributed by atoms with van der Waals surface area (Å²) in [5, 5.41) is 5.49. The van der Waals surface area contributed by atoms with Gasteiger partial charge in [-0.15, -0.1) is 6.42 Å². The predicted molar refractivity (Wildman–Crippen MR) is 74.4 cm³/mol. The minimum atomic E-state index is 0.761. The molecule has 0 fully saturated rings. The van der Waals surface area contributed by atoms with E-state index in [9.17, 15) is 0 Å². The lowest BCUT2D eigenvalue weighted by atomic mass is 10.0. The molecule has 0 aromatic heterocycles. The normalized spacial score (nSPS) is 10.6. The van der Waals surface area contributed by atoms with Crippen molar-refractivity contribution in [1.82, 2.24) is 0 Å². The van der Waals surface area contributed by atoms with E-state index < -0.39 is 0 Å². The molecule has 1 heteroatoms. The maximum atomic E-state index is 5.99. The fourth-order valence-corrected chi connectivity index (χ4v) is 2.31. The second-order valence-electron chi connectivity index (χ2n) is 4.01. The molecule has 0 bridgehead atoms. The minimum absolute atomic E-state index is 0.761. The third kappa shape index (κ3) is 1.65. The highest BCUT2D eigenvalue weighted by atomic mass is 35.5. The Balaban J connectivity index is 2.45. The highest BCUT2D eigenvalue weighted by Gasteiger charge is 2.01. The second kappa shape index (κ2) is 3.80. The van der Waals surface area contributed by atoms with E-state index in [1.807, 2.05) is 24.3 Å². The number of terminal acetylenes is 1. The van der Waals surface area contributed by atoms with Gasteiger partial charge in [-0.2, -0.15) is 0 Å². The molecule has 0 amide bonds. The number of rotatable bonds is 0. The molecule has 0 N–H and O–H groups in total. The summed E-state index contributed by atoms with van der Waals surface area (Å²) in [4.78, 5) is 0. The van der Waals surface area contributed by atoms with Crippen LogP contribution in [0.4, 0.5) is 0 Å². The van der Waals surface area contributed by atoms with Crippen LogP contribution in [0.1, 0.15) is 5.56 Å². The molecule has 3 aromatic rings. The molecule has 80 valence electrons. The summed E-state index contributed by atoms with van der Waals surface area (Å²) in [6.45, 7) is 0. The highest BCUT2D eigenvalue weighted by Crippen LogP contribution is 2.28. The van der Waals surface area contributed by atoms with Crippen molar-refractivity contribution < 1.29 is 0 Å². The van der Waals surface area contributed by atoms with E-state index in [-0.39, 0.29) is 0 Å². The standard InChI is InChI=1S/C16H9Cl/c1-2-11-3-7-15-12(9-11)4-5-13-10-14(17)6-8-16(13)15/h1,3-10H. The van der Waals surface area contributed by atoms with Gasteiger partial charge in [0, 0.05) is 10.6 Å². The Morgan fingerprint density at radius 2 is 1.47 bits per heavy atom. The van der Waals surface area contributed by atoms with Gasteiger partial charge in [-0.05, 0) is 45.8 Å². The zero-order valence-corrected chi connectivity index (χ0v) is 9.83. The van der Waals surface area contributed by atoms with Crippen LogP contribution in [-0.4, -0.2) is 0 Å². The number of hydrogen-bond donors (Lipinski definition) is 0. The summed E-state index contributed by atoms with van der Waals surface area (Å²) < 4.78 is 0. The molecule has 0 aliphatic rings. The molecule has 3 rings (SSSR count). The molecule has 0 saturated carbocycles. The fraction of sp³-hybridized carbons (Fsp3) is 0. The molecular formula is C16H9Cl. The molecular weight excluding hydrogens is 228 g/mol. The van der Waals surface area contributed by atoms with Crippen molar-refractivity contribution in [2.75, 3.05) is 0 Å². The van der Waals surface area contributed by atoms with E-state index >= 15 is 0 Å². The average molecular weight is 237 g/mol. The molecule has 0 atom stereocenters. The quantitative estimate of drug-likeness (QED) is 0.394. The highest BCUT2D eigenvalue weighted by molar-refractivity contribution is 6.31. The van der Waals surface area contributed by atoms with Crippen LogP contribution in [0.2, 0.25) is 5.02 Å². The minimum Gasteiger partial charge on any atom is -0.115 e. The van der Waals surface area contributed by atoms with Crippen LogP contribution >= 0.6 is 11.6 Å². The van der Waals surface area contributed by atoms with Crippen LogP contribution in [-0.2, 0) is 0 Å². The summed E-state index contributed by atoms with van der Waals surface area (Å²) in [6.07, 6.45) is 5.41. The Hall–Kier alpha value is -1.97. The summed E-state index contributed by atoms with van der Waals surface area (Å²) in [7, 11) is 0. The van der Waals surface area contributed by atoms with E-state index in [2.05, 4.69) is 30.2 Å². The summed E-state index contributed by atoms with van der Waals surface area (Å²) in [5.74, 6) is 2.66. The third-order valence-electron chi connectivity index (χ3n) is 2.96. The molecule has 0 saturated heterocycles. The van der Waals surface area contributed by atoms with Gasteiger partial charge in [0.1, 0.15) is 0 Å². The van der Waals surface area contributed by atoms with Crippen LogP contribution in [0.5, 0.6) is 0 Å². The first-order chi connectivity index (χ1) is 8.28. The molecule has 0 nitrogen and oxygen atoms in total. The zero-order valence-electron chi connectivity index (χ0n) is 9.07. The van der Waals surface area contributed by atoms with Gasteiger partial charge >= 0.3 is 0 Å². The van der Waals surface area contributed by atoms with Gasteiger partial charge in [-0.1, -0.05) is 41.8 Å². The molecule has 3 aromatic carbocycles. The van der Waals surface area contributed by atoms with Crippen LogP contribution in [0.15, 0.2) is 48.5 Å². The number of benzene rings is 3. The summed E-state index contributed by atoms with van der Waals surface area (Å²) >= 11 is 5.99. The van der Waals surface area contributed by atoms with Gasteiger partial charge in [0.2, 0.25) is 0 Å². The molecule has 0 aliphatic carbocycles. The smallest absolute Gasteiger partial charge is 0.0412 e. The topological polar surface area (TPSA) is 0 Å². The Bertz CT molecular complexity index is 763. The molecule has 17 heavy (non-hydrogen) atoms. The second-order valence-corrected chi connectivity index (χ2v) is 4.45. The predicted octanol–water partition coefficient (Wildman–Crippen LogP) is 4.63. The van der Waals surface area contributed by atoms with Crippen molar-refractivity contribution in [2.45, 2.75) is 0 Å². The maximum absolute atomic E-state index is 5.99. The van der Waals surface area contributed by atoms with Crippen molar-refractivity contribution >= 4 is 33.1 Å². The Kier molecular flexibility index (Phi) is 2.28. The first-order valence-electron chi connectivity index (χ1n) is 5.36. The van der Waals surface area contributed by atoms with Gasteiger partial charge in [0.05, 0.1) is 0 Å². The monoisotopic (exact) mass is 236 g/mol. The van der Waals surface area contributed by atoms with Crippen molar-refractivity contribution in [3.63, 3.8) is 0 Å². The van der Waals surface area contributed by atoms with E-state index in [1.165, 1.54) is 10.8 Å². The average Bonchev–Trinajstić information content (AvgIpc) is 2.37. The lowest BCUT2D eigenvalue weighted by Crippen LogP contribution is -1.80. The first-order valence-corrected chi connectivity index (χ1v) is 5.74. The van der Waals surface area contributed by atoms with E-state index in [4.69, 9.17) is 18.0 Å². The lowest BCUT2D eigenvalue weighted by molar-refractivity contribution is 1.71. The third-order valence-corrected chi connectivity index (χ3v) is 3.20. The molecule has 0 aliphatic heterocycles. The zero-order chi connectivity index (χ0) is 11.8. The first kappa shape index (κ1) is 10.2. The molecule has 0 heterocycles. The Morgan fingerprint density at radius 1 is 0.824 bits per heavy atom. The van der Waals surface area contributed by atoms with Gasteiger partial charge in [-0.25, -0.2) is 0 Å². The molecule has 0 radical (unpaired) electrons. The van der Waals surface area contributed by atoms with E-state index in [0.29, 0.717) is 0 Å². The Labute approximate surface area is 105 Å². The van der Waals surface area contributed by atoms with Crippen molar-refractivity contribution in [3.8, 4) is 12.3 Å². The number of hydrogen-bond acceptors (Lipinski definition) is 0. The van der Waals surface area contributed by atoms with E-state index in [0.717, 1.165) is 21.4 Å². The fourth-order valence-electron chi connectivity index (χ4n) is 2.13. The van der Waals surface area contributed by atoms with Gasteiger partial charge < -0.3 is 0 Å². The van der Waals surface area contributed by atoms with E-state index in [1.54, 1.807) is 0 Å². The largest absolute Gasteiger partial charge is 0.115 e. The lowest BCUT2D eigenvalue weighted by Gasteiger charge is -2.04. The number of fused-ring (bicyclic) bond motifs is 3. The maximum Gasteiger partial charge on any atom is 0.0412 e. The van der Waals surface area contributed by atoms with Crippen LogP contribution in [0.3, 0.4) is 0 Å². The molecule has 0 spiro atoms. The van der Waals surface area contributed by atoms with Gasteiger partial charge in [-0.3, -0.25) is 0 Å². The SMILES string of the molecule is C#Cc1ccc2c(ccc3cc(Cl)ccc32)c1. The van der Waals surface area contributed by atoms with Crippen molar-refractivity contribution in [3.05, 3.63) is 59.1 Å². The Morgan fingerprint density at radius 3 is 2.18 bits per heavy atom. The van der Waals surface area contributed by atoms with Crippen molar-refractivity contribution in [2.24, 2.45) is 0 Å². The number of halogens is 1. The van der Waals surface area contributed by atoms with Crippen LogP contribution in [0.25, 0.3) is 21.5 Å². The van der Waals surface area contributed by atoms with Crippen LogP contribution in [0, 0.1) is 12.3 Å². The van der Waals surface area contributed by atoms with Gasteiger partial charge in [0.25, 0.3) is 0 Å². The summed E-state index contributed by atoms with van der Waals surface area (Å²) in [6, 6.07) is 16.2. The molecule has 0 unspecified atom stereocenters.